The maximum absolute atomic E-state index is 6.17. The van der Waals surface area contributed by atoms with Gasteiger partial charge >= 0.3 is 0 Å². The molecule has 9 heavy (non-hydrogen) atoms. The van der Waals surface area contributed by atoms with Gasteiger partial charge in [0.2, 0.25) is 0 Å². The van der Waals surface area contributed by atoms with E-state index in [0.717, 1.165) is 17.8 Å². The van der Waals surface area contributed by atoms with E-state index in [2.05, 4.69) is 6.92 Å². The van der Waals surface area contributed by atoms with Gasteiger partial charge < -0.3 is 0 Å². The van der Waals surface area contributed by atoms with Crippen molar-refractivity contribution in [3.8, 4) is 0 Å². The van der Waals surface area contributed by atoms with Crippen molar-refractivity contribution >= 4 is 11.6 Å². The smallest absolute Gasteiger partial charge is 0.0395 e. The van der Waals surface area contributed by atoms with E-state index in [1.165, 1.54) is 19.3 Å². The van der Waals surface area contributed by atoms with Crippen LogP contribution in [0.3, 0.4) is 0 Å². The maximum atomic E-state index is 6.17. The Balaban J connectivity index is 2.16. The molecule has 1 heteroatoms. The van der Waals surface area contributed by atoms with Crippen molar-refractivity contribution in [2.75, 3.05) is 0 Å². The minimum absolute atomic E-state index is 0.542. The summed E-state index contributed by atoms with van der Waals surface area (Å²) in [7, 11) is 0. The van der Waals surface area contributed by atoms with Gasteiger partial charge in [-0.1, -0.05) is 6.92 Å². The van der Waals surface area contributed by atoms with Crippen LogP contribution in [0.4, 0.5) is 0 Å². The molecule has 2 bridgehead atoms. The van der Waals surface area contributed by atoms with Crippen molar-refractivity contribution in [3.05, 3.63) is 0 Å². The molecule has 2 aliphatic rings. The molecule has 0 amide bonds. The highest BCUT2D eigenvalue weighted by Crippen LogP contribution is 2.50. The van der Waals surface area contributed by atoms with Crippen LogP contribution in [0.1, 0.15) is 26.2 Å². The molecule has 4 atom stereocenters. The number of alkyl halides is 1. The second-order valence-corrected chi connectivity index (χ2v) is 4.16. The number of hydrogen-bond donors (Lipinski definition) is 0. The molecule has 0 radical (unpaired) electrons. The summed E-state index contributed by atoms with van der Waals surface area (Å²) < 4.78 is 0. The number of halogens is 1. The summed E-state index contributed by atoms with van der Waals surface area (Å²) in [4.78, 5) is 0. The van der Waals surface area contributed by atoms with E-state index in [-0.39, 0.29) is 0 Å². The van der Waals surface area contributed by atoms with Gasteiger partial charge in [0.25, 0.3) is 0 Å². The Bertz CT molecular complexity index is 122. The SMILES string of the molecule is C[C@@H]1CC2CCC1[C@@H]2Cl. The zero-order chi connectivity index (χ0) is 6.43. The van der Waals surface area contributed by atoms with E-state index >= 15 is 0 Å². The third-order valence-electron chi connectivity index (χ3n) is 3.14. The molecule has 0 N–H and O–H groups in total. The minimum Gasteiger partial charge on any atom is -0.122 e. The lowest BCUT2D eigenvalue weighted by atomic mass is 9.91. The predicted octanol–water partition coefficient (Wildman–Crippen LogP) is 2.66. The lowest BCUT2D eigenvalue weighted by Gasteiger charge is -2.15. The first-order valence-electron chi connectivity index (χ1n) is 3.93. The average Bonchev–Trinajstić information content (AvgIpc) is 2.25. The molecule has 0 saturated heterocycles. The van der Waals surface area contributed by atoms with Gasteiger partial charge in [0.15, 0.2) is 0 Å². The van der Waals surface area contributed by atoms with Crippen LogP contribution in [0.5, 0.6) is 0 Å². The zero-order valence-corrected chi connectivity index (χ0v) is 6.56. The van der Waals surface area contributed by atoms with Gasteiger partial charge in [0, 0.05) is 5.38 Å². The van der Waals surface area contributed by atoms with E-state index in [1.54, 1.807) is 0 Å². The predicted molar refractivity (Wildman–Crippen MR) is 39.6 cm³/mol. The molecule has 2 rings (SSSR count). The summed E-state index contributed by atoms with van der Waals surface area (Å²) in [5, 5.41) is 0.542. The fourth-order valence-electron chi connectivity index (χ4n) is 2.57. The minimum atomic E-state index is 0.542. The van der Waals surface area contributed by atoms with Gasteiger partial charge in [-0.25, -0.2) is 0 Å². The Kier molecular flexibility index (Phi) is 1.26. The molecular weight excluding hydrogens is 132 g/mol. The van der Waals surface area contributed by atoms with Crippen molar-refractivity contribution in [3.63, 3.8) is 0 Å². The van der Waals surface area contributed by atoms with Crippen molar-refractivity contribution < 1.29 is 0 Å². The van der Waals surface area contributed by atoms with E-state index < -0.39 is 0 Å². The van der Waals surface area contributed by atoms with Crippen LogP contribution in [0, 0.1) is 17.8 Å². The first-order chi connectivity index (χ1) is 4.29. The number of hydrogen-bond acceptors (Lipinski definition) is 0. The summed E-state index contributed by atoms with van der Waals surface area (Å²) >= 11 is 6.17. The van der Waals surface area contributed by atoms with Gasteiger partial charge in [0.1, 0.15) is 0 Å². The number of rotatable bonds is 0. The second-order valence-electron chi connectivity index (χ2n) is 3.66. The van der Waals surface area contributed by atoms with Crippen molar-refractivity contribution in [1.82, 2.24) is 0 Å². The third-order valence-corrected chi connectivity index (χ3v) is 3.82. The monoisotopic (exact) mass is 144 g/mol. The maximum Gasteiger partial charge on any atom is 0.0395 e. The zero-order valence-electron chi connectivity index (χ0n) is 5.81. The van der Waals surface area contributed by atoms with Gasteiger partial charge in [-0.15, -0.1) is 11.6 Å². The Morgan fingerprint density at radius 2 is 2.11 bits per heavy atom. The third kappa shape index (κ3) is 0.724. The highest BCUT2D eigenvalue weighted by molar-refractivity contribution is 6.21. The van der Waals surface area contributed by atoms with Gasteiger partial charge in [-0.05, 0) is 37.0 Å². The molecule has 0 nitrogen and oxygen atoms in total. The lowest BCUT2D eigenvalue weighted by Crippen LogP contribution is -2.08. The van der Waals surface area contributed by atoms with Crippen LogP contribution in [0.2, 0.25) is 0 Å². The Morgan fingerprint density at radius 3 is 2.33 bits per heavy atom. The van der Waals surface area contributed by atoms with E-state index in [9.17, 15) is 0 Å². The van der Waals surface area contributed by atoms with Crippen molar-refractivity contribution in [2.45, 2.75) is 31.6 Å². The van der Waals surface area contributed by atoms with Gasteiger partial charge in [-0.3, -0.25) is 0 Å². The summed E-state index contributed by atoms with van der Waals surface area (Å²) in [6, 6.07) is 0. The van der Waals surface area contributed by atoms with Crippen LogP contribution >= 0.6 is 11.6 Å². The van der Waals surface area contributed by atoms with Crippen LogP contribution in [-0.4, -0.2) is 5.38 Å². The van der Waals surface area contributed by atoms with Crippen molar-refractivity contribution in [2.24, 2.45) is 17.8 Å². The standard InChI is InChI=1S/C8H13Cl/c1-5-4-6-2-3-7(5)8(6)9/h5-8H,2-4H2,1H3/t5-,6?,7?,8-/m1/s1. The van der Waals surface area contributed by atoms with Gasteiger partial charge in [0.05, 0.1) is 0 Å². The van der Waals surface area contributed by atoms with E-state index in [1.807, 2.05) is 0 Å². The van der Waals surface area contributed by atoms with Crippen molar-refractivity contribution in [1.29, 1.82) is 0 Å². The molecule has 0 aromatic rings. The Hall–Kier alpha value is 0.290. The Labute approximate surface area is 61.6 Å². The fourth-order valence-corrected chi connectivity index (χ4v) is 3.18. The molecule has 2 unspecified atom stereocenters. The molecule has 2 saturated carbocycles. The summed E-state index contributed by atoms with van der Waals surface area (Å²) in [5.41, 5.74) is 0. The molecule has 0 aromatic carbocycles. The molecule has 0 heterocycles. The first-order valence-corrected chi connectivity index (χ1v) is 4.36. The van der Waals surface area contributed by atoms with E-state index in [0.29, 0.717) is 5.38 Å². The fraction of sp³-hybridized carbons (Fsp3) is 1.00. The molecule has 2 fully saturated rings. The van der Waals surface area contributed by atoms with Crippen LogP contribution < -0.4 is 0 Å². The quantitative estimate of drug-likeness (QED) is 0.459. The summed E-state index contributed by atoms with van der Waals surface area (Å²) in [6.07, 6.45) is 4.21. The highest BCUT2D eigenvalue weighted by atomic mass is 35.5. The van der Waals surface area contributed by atoms with Gasteiger partial charge in [-0.2, -0.15) is 0 Å². The van der Waals surface area contributed by atoms with Crippen LogP contribution in [0.25, 0.3) is 0 Å². The molecular formula is C8H13Cl. The Morgan fingerprint density at radius 1 is 1.33 bits per heavy atom. The summed E-state index contributed by atoms with van der Waals surface area (Å²) in [6.45, 7) is 2.35. The average molecular weight is 145 g/mol. The van der Waals surface area contributed by atoms with E-state index in [4.69, 9.17) is 11.6 Å². The number of fused-ring (bicyclic) bond motifs is 2. The summed E-state index contributed by atoms with van der Waals surface area (Å²) in [5.74, 6) is 2.68. The molecule has 2 aliphatic carbocycles. The normalized spacial score (nSPS) is 56.7. The molecule has 52 valence electrons. The largest absolute Gasteiger partial charge is 0.122 e. The van der Waals surface area contributed by atoms with Crippen LogP contribution in [-0.2, 0) is 0 Å². The lowest BCUT2D eigenvalue weighted by molar-refractivity contribution is 0.360. The highest BCUT2D eigenvalue weighted by Gasteiger charge is 2.44. The molecule has 0 spiro atoms. The van der Waals surface area contributed by atoms with Crippen LogP contribution in [0.15, 0.2) is 0 Å². The first kappa shape index (κ1) is 6.03. The second kappa shape index (κ2) is 1.88. The topological polar surface area (TPSA) is 0 Å². The molecule has 0 aromatic heterocycles. The molecule has 0 aliphatic heterocycles.